The fourth-order valence-corrected chi connectivity index (χ4v) is 1.86. The van der Waals surface area contributed by atoms with E-state index in [0.717, 1.165) is 44.8 Å². The van der Waals surface area contributed by atoms with Gasteiger partial charge in [-0.25, -0.2) is 0 Å². The van der Waals surface area contributed by atoms with Crippen molar-refractivity contribution < 1.29 is 5.11 Å². The van der Waals surface area contributed by atoms with Crippen molar-refractivity contribution in [2.24, 2.45) is 0 Å². The molecule has 118 valence electrons. The third kappa shape index (κ3) is 18.5. The monoisotopic (exact) mass is 288 g/mol. The van der Waals surface area contributed by atoms with Gasteiger partial charge in [-0.05, 0) is 57.8 Å². The fourth-order valence-electron chi connectivity index (χ4n) is 1.86. The van der Waals surface area contributed by atoms with Crippen LogP contribution < -0.4 is 0 Å². The van der Waals surface area contributed by atoms with Crippen LogP contribution in [0.15, 0.2) is 60.9 Å². The summed E-state index contributed by atoms with van der Waals surface area (Å²) in [5.74, 6) is 0. The number of unbranched alkanes of at least 4 members (excludes halogenated alkanes) is 5. The average Bonchev–Trinajstić information content (AvgIpc) is 2.50. The molecule has 21 heavy (non-hydrogen) atoms. The SMILES string of the molecule is CC/C=C/C/C=C/CCC/C=C/C=C/CCCC/C=C/O. The molecular formula is C20H32O. The Morgan fingerprint density at radius 3 is 1.86 bits per heavy atom. The summed E-state index contributed by atoms with van der Waals surface area (Å²) in [5.41, 5.74) is 0. The van der Waals surface area contributed by atoms with Crippen LogP contribution in [0.25, 0.3) is 0 Å². The predicted octanol–water partition coefficient (Wildman–Crippen LogP) is 6.81. The van der Waals surface area contributed by atoms with Crippen LogP contribution >= 0.6 is 0 Å². The van der Waals surface area contributed by atoms with Crippen molar-refractivity contribution in [3.05, 3.63) is 60.9 Å². The lowest BCUT2D eigenvalue weighted by molar-refractivity contribution is 0.470. The van der Waals surface area contributed by atoms with Crippen LogP contribution in [0.4, 0.5) is 0 Å². The van der Waals surface area contributed by atoms with Gasteiger partial charge in [0, 0.05) is 0 Å². The smallest absolute Gasteiger partial charge is 0.0751 e. The molecule has 1 heteroatoms. The molecule has 0 saturated heterocycles. The van der Waals surface area contributed by atoms with Gasteiger partial charge in [0.2, 0.25) is 0 Å². The van der Waals surface area contributed by atoms with Gasteiger partial charge in [0.15, 0.2) is 0 Å². The summed E-state index contributed by atoms with van der Waals surface area (Å²) in [6.45, 7) is 2.16. The Labute approximate surface area is 131 Å². The van der Waals surface area contributed by atoms with Crippen molar-refractivity contribution in [2.45, 2.75) is 64.7 Å². The zero-order valence-electron chi connectivity index (χ0n) is 13.6. The van der Waals surface area contributed by atoms with E-state index in [0.29, 0.717) is 0 Å². The minimum absolute atomic E-state index is 0.974. The second kappa shape index (κ2) is 18.5. The molecule has 0 amide bonds. The standard InChI is InChI=1S/C20H32O/c1-2-3-4-5-6-7-8-9-10-11-12-13-14-15-16-17-18-19-20-21/h3-4,6-7,11-14,19-21H,2,5,8-10,15-18H2,1H3/b4-3+,7-6+,12-11+,14-13+,20-19+. The molecular weight excluding hydrogens is 256 g/mol. The Morgan fingerprint density at radius 1 is 0.619 bits per heavy atom. The van der Waals surface area contributed by atoms with E-state index < -0.39 is 0 Å². The molecule has 0 spiro atoms. The molecule has 0 aliphatic heterocycles. The average molecular weight is 288 g/mol. The zero-order valence-corrected chi connectivity index (χ0v) is 13.6. The van der Waals surface area contributed by atoms with Gasteiger partial charge >= 0.3 is 0 Å². The van der Waals surface area contributed by atoms with Gasteiger partial charge in [0.05, 0.1) is 6.26 Å². The molecule has 0 atom stereocenters. The fraction of sp³-hybridized carbons (Fsp3) is 0.500. The first-order valence-corrected chi connectivity index (χ1v) is 8.32. The molecule has 0 fully saturated rings. The van der Waals surface area contributed by atoms with Crippen molar-refractivity contribution in [1.29, 1.82) is 0 Å². The number of aliphatic hydroxyl groups is 1. The Bertz CT molecular complexity index is 332. The molecule has 0 bridgehead atoms. The van der Waals surface area contributed by atoms with Crippen LogP contribution in [0.1, 0.15) is 64.7 Å². The third-order valence-electron chi connectivity index (χ3n) is 3.06. The van der Waals surface area contributed by atoms with E-state index in [9.17, 15) is 0 Å². The highest BCUT2D eigenvalue weighted by Crippen LogP contribution is 2.02. The van der Waals surface area contributed by atoms with Gasteiger partial charge < -0.3 is 5.11 Å². The highest BCUT2D eigenvalue weighted by atomic mass is 16.2. The molecule has 0 aromatic carbocycles. The van der Waals surface area contributed by atoms with Crippen molar-refractivity contribution >= 4 is 0 Å². The minimum atomic E-state index is 0.974. The Kier molecular flexibility index (Phi) is 17.2. The van der Waals surface area contributed by atoms with Crippen LogP contribution in [0.5, 0.6) is 0 Å². The first-order valence-electron chi connectivity index (χ1n) is 8.32. The van der Waals surface area contributed by atoms with E-state index >= 15 is 0 Å². The molecule has 0 saturated carbocycles. The molecule has 0 aromatic rings. The van der Waals surface area contributed by atoms with Crippen molar-refractivity contribution in [2.75, 3.05) is 0 Å². The third-order valence-corrected chi connectivity index (χ3v) is 3.06. The summed E-state index contributed by atoms with van der Waals surface area (Å²) in [6.07, 6.45) is 30.9. The minimum Gasteiger partial charge on any atom is -0.516 e. The van der Waals surface area contributed by atoms with Gasteiger partial charge in [0.25, 0.3) is 0 Å². The highest BCUT2D eigenvalue weighted by Gasteiger charge is 1.83. The number of hydrogen-bond donors (Lipinski definition) is 1. The van der Waals surface area contributed by atoms with E-state index in [1.165, 1.54) is 19.3 Å². The molecule has 0 aliphatic carbocycles. The predicted molar refractivity (Wildman–Crippen MR) is 95.6 cm³/mol. The van der Waals surface area contributed by atoms with Gasteiger partial charge in [-0.1, -0.05) is 61.6 Å². The molecule has 0 aliphatic rings. The Balaban J connectivity index is 3.33. The Hall–Kier alpha value is -1.50. The van der Waals surface area contributed by atoms with E-state index in [2.05, 4.69) is 55.5 Å². The van der Waals surface area contributed by atoms with Crippen LogP contribution in [-0.2, 0) is 0 Å². The highest BCUT2D eigenvalue weighted by molar-refractivity contribution is 5.02. The molecule has 0 rings (SSSR count). The van der Waals surface area contributed by atoms with Gasteiger partial charge in [0.1, 0.15) is 0 Å². The van der Waals surface area contributed by atoms with Crippen LogP contribution in [0.3, 0.4) is 0 Å². The van der Waals surface area contributed by atoms with E-state index in [4.69, 9.17) is 5.11 Å². The van der Waals surface area contributed by atoms with Crippen LogP contribution in [0, 0.1) is 0 Å². The Morgan fingerprint density at radius 2 is 1.19 bits per heavy atom. The lowest BCUT2D eigenvalue weighted by Crippen LogP contribution is -1.72. The summed E-state index contributed by atoms with van der Waals surface area (Å²) < 4.78 is 0. The normalized spacial score (nSPS) is 13.0. The number of aliphatic hydroxyl groups excluding tert-OH is 1. The molecule has 0 aromatic heterocycles. The lowest BCUT2D eigenvalue weighted by Gasteiger charge is -1.91. The second-order valence-corrected chi connectivity index (χ2v) is 5.04. The number of hydrogen-bond acceptors (Lipinski definition) is 1. The van der Waals surface area contributed by atoms with Crippen molar-refractivity contribution in [3.63, 3.8) is 0 Å². The summed E-state index contributed by atoms with van der Waals surface area (Å²) in [4.78, 5) is 0. The van der Waals surface area contributed by atoms with E-state index in [1.54, 1.807) is 6.08 Å². The maximum Gasteiger partial charge on any atom is 0.0751 e. The molecule has 0 heterocycles. The topological polar surface area (TPSA) is 20.2 Å². The molecule has 0 radical (unpaired) electrons. The van der Waals surface area contributed by atoms with Gasteiger partial charge in [-0.15, -0.1) is 0 Å². The van der Waals surface area contributed by atoms with Gasteiger partial charge in [-0.2, -0.15) is 0 Å². The van der Waals surface area contributed by atoms with E-state index in [1.807, 2.05) is 0 Å². The second-order valence-electron chi connectivity index (χ2n) is 5.04. The first-order chi connectivity index (χ1) is 10.4. The van der Waals surface area contributed by atoms with Crippen LogP contribution in [0.2, 0.25) is 0 Å². The van der Waals surface area contributed by atoms with Gasteiger partial charge in [-0.3, -0.25) is 0 Å². The summed E-state index contributed by atoms with van der Waals surface area (Å²) >= 11 is 0. The lowest BCUT2D eigenvalue weighted by atomic mass is 10.2. The van der Waals surface area contributed by atoms with Crippen molar-refractivity contribution in [1.82, 2.24) is 0 Å². The molecule has 0 unspecified atom stereocenters. The summed E-state index contributed by atoms with van der Waals surface area (Å²) in [6, 6.07) is 0. The number of rotatable bonds is 13. The zero-order chi connectivity index (χ0) is 15.4. The molecule has 1 nitrogen and oxygen atoms in total. The maximum absolute atomic E-state index is 8.48. The van der Waals surface area contributed by atoms with E-state index in [-0.39, 0.29) is 0 Å². The quantitative estimate of drug-likeness (QED) is 0.171. The number of allylic oxidation sites excluding steroid dienone is 9. The molecule has 1 N–H and O–H groups in total. The largest absolute Gasteiger partial charge is 0.516 e. The maximum atomic E-state index is 8.48. The summed E-state index contributed by atoms with van der Waals surface area (Å²) in [7, 11) is 0. The van der Waals surface area contributed by atoms with Crippen molar-refractivity contribution in [3.8, 4) is 0 Å². The first kappa shape index (κ1) is 19.5. The summed E-state index contributed by atoms with van der Waals surface area (Å²) in [5, 5.41) is 8.48. The van der Waals surface area contributed by atoms with Crippen LogP contribution in [-0.4, -0.2) is 5.11 Å².